The van der Waals surface area contributed by atoms with Crippen molar-refractivity contribution >= 4 is 21.6 Å². The summed E-state index contributed by atoms with van der Waals surface area (Å²) in [4.78, 5) is 12.5. The average molecular weight is 317 g/mol. The molecule has 0 aromatic heterocycles. The molecule has 1 saturated carbocycles. The van der Waals surface area contributed by atoms with Crippen LogP contribution in [-0.4, -0.2) is 43.4 Å². The Balaban J connectivity index is 1.99. The van der Waals surface area contributed by atoms with Crippen molar-refractivity contribution < 1.29 is 18.4 Å². The summed E-state index contributed by atoms with van der Waals surface area (Å²) in [5, 5.41) is 14.8. The van der Waals surface area contributed by atoms with Crippen LogP contribution in [0.3, 0.4) is 0 Å². The van der Waals surface area contributed by atoms with Gasteiger partial charge in [0.1, 0.15) is 5.41 Å². The van der Waals surface area contributed by atoms with E-state index in [9.17, 15) is 13.2 Å². The molecule has 2 rings (SSSR count). The summed E-state index contributed by atoms with van der Waals surface area (Å²) < 4.78 is 22.8. The smallest absolute Gasteiger partial charge is 0.233 e. The van der Waals surface area contributed by atoms with Crippen LogP contribution in [0.1, 0.15) is 38.5 Å². The first-order chi connectivity index (χ1) is 9.89. The summed E-state index contributed by atoms with van der Waals surface area (Å²) >= 11 is 0. The second-order valence-electron chi connectivity index (χ2n) is 6.11. The number of hydrogen-bond donors (Lipinski definition) is 3. The molecule has 1 amide bonds. The molecular formula is C13H23N3O4S. The van der Waals surface area contributed by atoms with Gasteiger partial charge >= 0.3 is 0 Å². The number of sulfone groups is 1. The van der Waals surface area contributed by atoms with Gasteiger partial charge in [-0.05, 0) is 25.2 Å². The maximum atomic E-state index is 12.5. The molecular weight excluding hydrogens is 294 g/mol. The standard InChI is InChI=1S/C13H23N3O4S/c14-11(16-18)13(5-2-1-3-6-13)12(17)15-8-10-4-7-21(19,20)9-10/h10,18H,1-9H2,(H2,14,16)(H,15,17). The molecule has 2 aliphatic rings. The van der Waals surface area contributed by atoms with Crippen LogP contribution < -0.4 is 11.1 Å². The van der Waals surface area contributed by atoms with Gasteiger partial charge in [-0.1, -0.05) is 24.4 Å². The molecule has 8 heteroatoms. The van der Waals surface area contributed by atoms with E-state index >= 15 is 0 Å². The van der Waals surface area contributed by atoms with Crippen LogP contribution in [0.5, 0.6) is 0 Å². The minimum atomic E-state index is -2.94. The molecule has 0 spiro atoms. The molecule has 2 fully saturated rings. The van der Waals surface area contributed by atoms with E-state index in [0.29, 0.717) is 25.8 Å². The molecule has 4 N–H and O–H groups in total. The minimum absolute atomic E-state index is 0.0353. The number of carbonyl (C=O) groups excluding carboxylic acids is 1. The molecule has 0 radical (unpaired) electrons. The van der Waals surface area contributed by atoms with Crippen LogP contribution in [0.4, 0.5) is 0 Å². The topological polar surface area (TPSA) is 122 Å². The zero-order valence-electron chi connectivity index (χ0n) is 12.0. The number of carbonyl (C=O) groups is 1. The minimum Gasteiger partial charge on any atom is -0.409 e. The first kappa shape index (κ1) is 16.1. The summed E-state index contributed by atoms with van der Waals surface area (Å²) in [5.74, 6) is -0.00427. The fourth-order valence-corrected chi connectivity index (χ4v) is 5.15. The number of amides is 1. The predicted octanol–water partition coefficient (Wildman–Crippen LogP) is 0.234. The van der Waals surface area contributed by atoms with Crippen molar-refractivity contribution in [2.75, 3.05) is 18.1 Å². The Bertz CT molecular complexity index is 524. The van der Waals surface area contributed by atoms with Crippen molar-refractivity contribution in [2.45, 2.75) is 38.5 Å². The molecule has 1 aliphatic heterocycles. The molecule has 1 unspecified atom stereocenters. The SMILES string of the molecule is NC(=NO)C1(C(=O)NCC2CCS(=O)(=O)C2)CCCCC1. The highest BCUT2D eigenvalue weighted by atomic mass is 32.2. The average Bonchev–Trinajstić information content (AvgIpc) is 2.83. The van der Waals surface area contributed by atoms with Crippen LogP contribution in [-0.2, 0) is 14.6 Å². The van der Waals surface area contributed by atoms with E-state index in [0.717, 1.165) is 19.3 Å². The van der Waals surface area contributed by atoms with Gasteiger partial charge in [-0.2, -0.15) is 0 Å². The number of oxime groups is 1. The van der Waals surface area contributed by atoms with Crippen molar-refractivity contribution in [3.05, 3.63) is 0 Å². The molecule has 1 saturated heterocycles. The van der Waals surface area contributed by atoms with Crippen LogP contribution in [0.2, 0.25) is 0 Å². The van der Waals surface area contributed by atoms with Gasteiger partial charge in [0, 0.05) is 6.54 Å². The lowest BCUT2D eigenvalue weighted by Crippen LogP contribution is -2.51. The van der Waals surface area contributed by atoms with Crippen molar-refractivity contribution in [1.29, 1.82) is 0 Å². The third-order valence-corrected chi connectivity index (χ3v) is 6.45. The highest BCUT2D eigenvalue weighted by Gasteiger charge is 2.44. The Labute approximate surface area is 124 Å². The van der Waals surface area contributed by atoms with E-state index in [1.54, 1.807) is 0 Å². The highest BCUT2D eigenvalue weighted by molar-refractivity contribution is 7.91. The summed E-state index contributed by atoms with van der Waals surface area (Å²) in [6, 6.07) is 0. The zero-order chi connectivity index (χ0) is 15.5. The summed E-state index contributed by atoms with van der Waals surface area (Å²) in [7, 11) is -2.94. The Morgan fingerprint density at radius 1 is 1.33 bits per heavy atom. The van der Waals surface area contributed by atoms with Gasteiger partial charge in [0.2, 0.25) is 5.91 Å². The van der Waals surface area contributed by atoms with E-state index in [1.165, 1.54) is 0 Å². The first-order valence-corrected chi connectivity index (χ1v) is 9.18. The molecule has 1 heterocycles. The molecule has 0 aromatic rings. The van der Waals surface area contributed by atoms with E-state index in [1.807, 2.05) is 0 Å². The molecule has 1 atom stereocenters. The molecule has 21 heavy (non-hydrogen) atoms. The quantitative estimate of drug-likeness (QED) is 0.297. The second-order valence-corrected chi connectivity index (χ2v) is 8.34. The number of nitrogens with one attached hydrogen (secondary N) is 1. The van der Waals surface area contributed by atoms with E-state index in [2.05, 4.69) is 10.5 Å². The van der Waals surface area contributed by atoms with Gasteiger partial charge < -0.3 is 16.3 Å². The van der Waals surface area contributed by atoms with Gasteiger partial charge in [0.25, 0.3) is 0 Å². The Morgan fingerprint density at radius 2 is 2.00 bits per heavy atom. The Morgan fingerprint density at radius 3 is 2.52 bits per heavy atom. The highest BCUT2D eigenvalue weighted by Crippen LogP contribution is 2.37. The number of nitrogens with two attached hydrogens (primary N) is 1. The van der Waals surface area contributed by atoms with Gasteiger partial charge in [-0.15, -0.1) is 0 Å². The van der Waals surface area contributed by atoms with Crippen LogP contribution in [0.15, 0.2) is 5.16 Å². The van der Waals surface area contributed by atoms with E-state index in [4.69, 9.17) is 10.9 Å². The summed E-state index contributed by atoms with van der Waals surface area (Å²) in [6.07, 6.45) is 4.48. The van der Waals surface area contributed by atoms with Crippen molar-refractivity contribution in [1.82, 2.24) is 5.32 Å². The third-order valence-electron chi connectivity index (χ3n) is 4.62. The lowest BCUT2D eigenvalue weighted by Gasteiger charge is -2.34. The van der Waals surface area contributed by atoms with E-state index < -0.39 is 15.3 Å². The maximum Gasteiger partial charge on any atom is 0.233 e. The van der Waals surface area contributed by atoms with Gasteiger partial charge in [0.05, 0.1) is 11.5 Å². The second kappa shape index (κ2) is 6.21. The van der Waals surface area contributed by atoms with Crippen LogP contribution >= 0.6 is 0 Å². The Kier molecular flexibility index (Phi) is 4.75. The first-order valence-electron chi connectivity index (χ1n) is 7.36. The molecule has 7 nitrogen and oxygen atoms in total. The lowest BCUT2D eigenvalue weighted by molar-refractivity contribution is -0.129. The van der Waals surface area contributed by atoms with Crippen LogP contribution in [0, 0.1) is 11.3 Å². The predicted molar refractivity (Wildman–Crippen MR) is 78.7 cm³/mol. The van der Waals surface area contributed by atoms with Crippen molar-refractivity contribution in [3.63, 3.8) is 0 Å². The number of rotatable bonds is 4. The van der Waals surface area contributed by atoms with Crippen molar-refractivity contribution in [2.24, 2.45) is 22.2 Å². The largest absolute Gasteiger partial charge is 0.409 e. The van der Waals surface area contributed by atoms with E-state index in [-0.39, 0.29) is 29.2 Å². The van der Waals surface area contributed by atoms with Gasteiger partial charge in [-0.25, -0.2) is 8.42 Å². The monoisotopic (exact) mass is 317 g/mol. The molecule has 0 bridgehead atoms. The van der Waals surface area contributed by atoms with Gasteiger partial charge in [0.15, 0.2) is 15.7 Å². The summed E-state index contributed by atoms with van der Waals surface area (Å²) in [6.45, 7) is 0.332. The molecule has 1 aliphatic carbocycles. The number of nitrogens with zero attached hydrogens (tertiary/aromatic N) is 1. The van der Waals surface area contributed by atoms with Crippen LogP contribution in [0.25, 0.3) is 0 Å². The lowest BCUT2D eigenvalue weighted by atomic mass is 9.72. The third kappa shape index (κ3) is 3.48. The Hall–Kier alpha value is -1.31. The zero-order valence-corrected chi connectivity index (χ0v) is 12.9. The molecule has 0 aromatic carbocycles. The number of hydrogen-bond acceptors (Lipinski definition) is 5. The van der Waals surface area contributed by atoms with Crippen molar-refractivity contribution in [3.8, 4) is 0 Å². The maximum absolute atomic E-state index is 12.5. The molecule has 120 valence electrons. The van der Waals surface area contributed by atoms with Gasteiger partial charge in [-0.3, -0.25) is 4.79 Å². The fraction of sp³-hybridized carbons (Fsp3) is 0.846. The normalized spacial score (nSPS) is 28.2. The number of amidine groups is 1. The fourth-order valence-electron chi connectivity index (χ4n) is 3.29. The summed E-state index contributed by atoms with van der Waals surface area (Å²) in [5.41, 5.74) is 4.81.